The Labute approximate surface area is 476 Å². The monoisotopic (exact) mass is 1310 g/mol. The van der Waals surface area contributed by atoms with Crippen LogP contribution in [0.3, 0.4) is 0 Å². The Kier molecular flexibility index (Phi) is 65.0. The molecule has 0 aromatic heterocycles. The molecule has 0 aromatic carbocycles. The first kappa shape index (κ1) is 91.9. The highest BCUT2D eigenvalue weighted by Gasteiger charge is 2.45. The lowest BCUT2D eigenvalue weighted by molar-refractivity contribution is -0.122. The fourth-order valence-corrected chi connectivity index (χ4v) is 40.8. The van der Waals surface area contributed by atoms with E-state index in [-0.39, 0.29) is 66.4 Å². The van der Waals surface area contributed by atoms with E-state index in [9.17, 15) is 28.8 Å². The molecule has 0 saturated heterocycles. The lowest BCUT2D eigenvalue weighted by atomic mass is 10.7. The fourth-order valence-electron chi connectivity index (χ4n) is 4.70. The molecule has 76 heavy (non-hydrogen) atoms. The Morgan fingerprint density at radius 1 is 0.342 bits per heavy atom. The van der Waals surface area contributed by atoms with Gasteiger partial charge in [-0.25, -0.2) is 0 Å². The minimum Gasteiger partial charge on any atom is -0.437 e. The van der Waals surface area contributed by atoms with Crippen LogP contribution in [0.2, 0.25) is 98.2 Å². The van der Waals surface area contributed by atoms with Crippen LogP contribution in [0.25, 0.3) is 0 Å². The van der Waals surface area contributed by atoms with Crippen molar-refractivity contribution >= 4 is 163 Å². The van der Waals surface area contributed by atoms with Gasteiger partial charge in [-0.05, 0) is 126 Å². The van der Waals surface area contributed by atoms with E-state index in [4.69, 9.17) is 82.0 Å². The van der Waals surface area contributed by atoms with Gasteiger partial charge in [0.2, 0.25) is 0 Å². The lowest BCUT2D eigenvalue weighted by Gasteiger charge is -2.34. The summed E-state index contributed by atoms with van der Waals surface area (Å²) in [6.07, 6.45) is 3.30. The van der Waals surface area contributed by atoms with Crippen LogP contribution in [0.5, 0.6) is 0 Å². The van der Waals surface area contributed by atoms with Crippen molar-refractivity contribution < 1.29 is 111 Å². The number of hydrogen-bond donors (Lipinski definition) is 6. The van der Waals surface area contributed by atoms with E-state index in [1.807, 2.05) is 67.0 Å². The molecule has 6 N–H and O–H groups in total. The SMILES string of the molecule is C=CCOCC.CCOCSC[Si](O)(O)O[Si](C)(C)O[Si](C)(C)C.CCOCSC[Si](O)(O)O[Si](C)(C)O[Si](C)(C)C.CCOCSC[Si](O)(O)O[Si](C)(C)O[Si](C)(C)C.O=CC=O.O=CC=O.O=CC=O.O=CC=O. The number of ether oxygens (including phenoxy) is 4. The zero-order chi connectivity index (χ0) is 61.8. The average Bonchev–Trinajstić information content (AvgIpc) is 3.24. The third-order valence-electron chi connectivity index (χ3n) is 5.53. The van der Waals surface area contributed by atoms with Crippen molar-refractivity contribution in [2.75, 3.05) is 67.0 Å². The molecule has 0 amide bonds. The van der Waals surface area contributed by atoms with E-state index >= 15 is 0 Å². The molecule has 0 saturated carbocycles. The first-order valence-corrected chi connectivity index (χ1v) is 51.4. The summed E-state index contributed by atoms with van der Waals surface area (Å²) in [5.41, 5.74) is 0. The Balaban J connectivity index is -0.000000127. The molecule has 0 bridgehead atoms. The standard InChI is InChI=1S/3C9H26O5SSi3.C5H10O.4C2H2O2/c3*1-7-12-8-15-9-18(10,11)14-17(5,6)13-16(2,3)4;1-3-5-6-4-2;4*3-1-2-4/h3*10-11H,7-9H2,1-6H3;3H,1,4-5H2,2H3;4*1-2H. The van der Waals surface area contributed by atoms with Crippen LogP contribution in [0, 0.1) is 0 Å². The molecule has 0 aliphatic carbocycles. The number of rotatable bonds is 34. The van der Waals surface area contributed by atoms with E-state index in [0.29, 0.717) is 44.2 Å². The lowest BCUT2D eigenvalue weighted by Crippen LogP contribution is -2.56. The second-order valence-corrected chi connectivity index (χ2v) is 54.1. The first-order chi connectivity index (χ1) is 34.5. The van der Waals surface area contributed by atoms with E-state index in [0.717, 1.165) is 6.61 Å². The molecule has 36 heteroatoms. The molecule has 0 aromatic rings. The average molecular weight is 1310 g/mol. The zero-order valence-electron chi connectivity index (χ0n) is 48.4. The molecular weight excluding hydrogens is 1210 g/mol. The quantitative estimate of drug-likeness (QED) is 0.0132. The summed E-state index contributed by atoms with van der Waals surface area (Å²) >= 11 is 4.01. The molecule has 454 valence electrons. The van der Waals surface area contributed by atoms with Gasteiger partial charge in [-0.2, -0.15) is 0 Å². The predicted molar refractivity (Wildman–Crippen MR) is 322 cm³/mol. The highest BCUT2D eigenvalue weighted by molar-refractivity contribution is 8.01. The van der Waals surface area contributed by atoms with Crippen molar-refractivity contribution in [3.05, 3.63) is 12.7 Å². The summed E-state index contributed by atoms with van der Waals surface area (Å²) in [5.74, 6) is 1.35. The molecule has 0 radical (unpaired) electrons. The number of hydrogen-bond acceptors (Lipinski definition) is 27. The van der Waals surface area contributed by atoms with Crippen LogP contribution < -0.4 is 0 Å². The molecule has 0 fully saturated rings. The third-order valence-corrected chi connectivity index (χ3v) is 36.6. The van der Waals surface area contributed by atoms with E-state index in [1.165, 1.54) is 35.3 Å². The summed E-state index contributed by atoms with van der Waals surface area (Å²) in [6, 6.07) is 0. The molecule has 24 nitrogen and oxygen atoms in total. The summed E-state index contributed by atoms with van der Waals surface area (Å²) in [4.78, 5) is 130. The van der Waals surface area contributed by atoms with E-state index in [1.54, 1.807) is 6.08 Å². The van der Waals surface area contributed by atoms with Gasteiger partial charge < -0.3 is 72.4 Å². The van der Waals surface area contributed by atoms with Gasteiger partial charge >= 0.3 is 52.1 Å². The number of carbonyl (C=O) groups excluding carboxylic acids is 8. The van der Waals surface area contributed by atoms with Crippen molar-refractivity contribution in [2.45, 2.75) is 126 Å². The zero-order valence-corrected chi connectivity index (χ0v) is 59.9. The summed E-state index contributed by atoms with van der Waals surface area (Å²) in [5, 5.41) is 0.537. The van der Waals surface area contributed by atoms with Crippen LogP contribution in [-0.2, 0) is 82.0 Å². The van der Waals surface area contributed by atoms with Gasteiger partial charge in [-0.15, -0.1) is 41.9 Å². The maximum atomic E-state index is 9.91. The number of aldehydes is 8. The van der Waals surface area contributed by atoms with Gasteiger partial charge in [-0.3, -0.25) is 38.4 Å². The molecule has 0 rings (SSSR count). The molecule has 0 atom stereocenters. The van der Waals surface area contributed by atoms with Crippen molar-refractivity contribution in [1.29, 1.82) is 0 Å². The van der Waals surface area contributed by atoms with Crippen LogP contribution in [0.4, 0.5) is 0 Å². The van der Waals surface area contributed by atoms with Gasteiger partial charge in [0.15, 0.2) is 75.2 Å². The summed E-state index contributed by atoms with van der Waals surface area (Å²) < 4.78 is 54.5. The number of carbonyl (C=O) groups is 8. The Hall–Kier alpha value is -0.538. The van der Waals surface area contributed by atoms with Crippen LogP contribution in [0.1, 0.15) is 27.7 Å². The Bertz CT molecular complexity index is 1270. The van der Waals surface area contributed by atoms with E-state index < -0.39 is 77.0 Å². The molecule has 0 aliphatic heterocycles. The topological polar surface area (TPSA) is 350 Å². The predicted octanol–water partition coefficient (Wildman–Crippen LogP) is 3.98. The maximum Gasteiger partial charge on any atom is 0.497 e. The second kappa shape index (κ2) is 53.8. The third kappa shape index (κ3) is 95.8. The fraction of sp³-hybridized carbons (Fsp3) is 0.750. The van der Waals surface area contributed by atoms with Gasteiger partial charge in [0, 0.05) is 26.4 Å². The van der Waals surface area contributed by atoms with Gasteiger partial charge in [0.25, 0.3) is 0 Å². The second-order valence-electron chi connectivity index (χ2n) is 18.3. The van der Waals surface area contributed by atoms with Crippen LogP contribution >= 0.6 is 35.3 Å². The Morgan fingerprint density at radius 2 is 0.526 bits per heavy atom. The Morgan fingerprint density at radius 3 is 0.645 bits per heavy atom. The molecule has 0 heterocycles. The highest BCUT2D eigenvalue weighted by Crippen LogP contribution is 2.23. The van der Waals surface area contributed by atoms with Crippen LogP contribution in [0.15, 0.2) is 12.7 Å². The molecule has 0 unspecified atom stereocenters. The number of thioether (sulfide) groups is 3. The highest BCUT2D eigenvalue weighted by atomic mass is 32.2. The normalized spacial score (nSPS) is 11.6. The van der Waals surface area contributed by atoms with Crippen molar-refractivity contribution in [1.82, 2.24) is 0 Å². The minimum atomic E-state index is -3.65. The van der Waals surface area contributed by atoms with Crippen molar-refractivity contribution in [3.8, 4) is 0 Å². The summed E-state index contributed by atoms with van der Waals surface area (Å²) in [7, 11) is -23.6. The first-order valence-electron chi connectivity index (χ1n) is 23.3. The minimum absolute atomic E-state index is 0.179. The smallest absolute Gasteiger partial charge is 0.437 e. The summed E-state index contributed by atoms with van der Waals surface area (Å²) in [6.45, 7) is 44.2. The van der Waals surface area contributed by atoms with E-state index in [2.05, 4.69) is 65.5 Å². The van der Waals surface area contributed by atoms with Crippen molar-refractivity contribution in [3.63, 3.8) is 0 Å². The van der Waals surface area contributed by atoms with Crippen LogP contribution in [-0.4, -0.2) is 223 Å². The molecule has 0 aliphatic rings. The van der Waals surface area contributed by atoms with Crippen molar-refractivity contribution in [2.24, 2.45) is 0 Å². The van der Waals surface area contributed by atoms with Gasteiger partial charge in [-0.1, -0.05) is 6.08 Å². The maximum absolute atomic E-state index is 9.91. The molecule has 0 spiro atoms. The van der Waals surface area contributed by atoms with Gasteiger partial charge in [0.1, 0.15) is 0 Å². The molecular formula is C40H96O24S3Si9. The largest absolute Gasteiger partial charge is 0.497 e. The van der Waals surface area contributed by atoms with Gasteiger partial charge in [0.05, 0.1) is 40.6 Å².